The SMILES string of the molecule is Cc1cccc(N2C(=O)C3=C(C(=O)C4CC(C)C(C)CC4O3)C2c2ccc(OCC(N)=O)cc2)n1. The molecule has 1 fully saturated rings. The zero-order valence-electron chi connectivity index (χ0n) is 20.1. The first-order valence-electron chi connectivity index (χ1n) is 12.0. The van der Waals surface area contributed by atoms with Gasteiger partial charge in [0, 0.05) is 5.69 Å². The first-order valence-corrected chi connectivity index (χ1v) is 12.0. The molecule has 0 radical (unpaired) electrons. The zero-order chi connectivity index (χ0) is 24.9. The lowest BCUT2D eigenvalue weighted by Crippen LogP contribution is -2.43. The van der Waals surface area contributed by atoms with E-state index in [2.05, 4.69) is 18.8 Å². The van der Waals surface area contributed by atoms with Crippen LogP contribution in [0.1, 0.15) is 44.0 Å². The van der Waals surface area contributed by atoms with Crippen molar-refractivity contribution in [3.8, 4) is 5.75 Å². The number of nitrogens with two attached hydrogens (primary N) is 1. The van der Waals surface area contributed by atoms with Gasteiger partial charge >= 0.3 is 0 Å². The summed E-state index contributed by atoms with van der Waals surface area (Å²) in [6.07, 6.45) is 1.21. The van der Waals surface area contributed by atoms with Crippen LogP contribution in [0, 0.1) is 24.7 Å². The Balaban J connectivity index is 1.57. The van der Waals surface area contributed by atoms with Gasteiger partial charge in [0.05, 0.1) is 17.5 Å². The average molecular weight is 476 g/mol. The Morgan fingerprint density at radius 2 is 1.83 bits per heavy atom. The van der Waals surface area contributed by atoms with Crippen molar-refractivity contribution in [2.45, 2.75) is 45.8 Å². The normalized spacial score (nSPS) is 27.9. The van der Waals surface area contributed by atoms with E-state index in [4.69, 9.17) is 15.2 Å². The third kappa shape index (κ3) is 4.07. The molecule has 0 bridgehead atoms. The molecule has 5 unspecified atom stereocenters. The van der Waals surface area contributed by atoms with Crippen molar-refractivity contribution in [3.63, 3.8) is 0 Å². The first kappa shape index (κ1) is 23.1. The van der Waals surface area contributed by atoms with Gasteiger partial charge in [-0.2, -0.15) is 0 Å². The lowest BCUT2D eigenvalue weighted by atomic mass is 9.70. The largest absolute Gasteiger partial charge is 0.484 e. The van der Waals surface area contributed by atoms with Crippen molar-refractivity contribution in [1.29, 1.82) is 0 Å². The van der Waals surface area contributed by atoms with Crippen LogP contribution in [-0.4, -0.2) is 35.3 Å². The number of hydrogen-bond acceptors (Lipinski definition) is 6. The van der Waals surface area contributed by atoms with Gasteiger partial charge in [0.2, 0.25) is 0 Å². The number of hydrogen-bond donors (Lipinski definition) is 1. The molecule has 8 heteroatoms. The number of Topliss-reactive ketones (excluding diaryl/α,β-unsaturated/α-hetero) is 1. The van der Waals surface area contributed by atoms with Gasteiger partial charge in [-0.1, -0.05) is 32.0 Å². The molecular weight excluding hydrogens is 446 g/mol. The van der Waals surface area contributed by atoms with Crippen molar-refractivity contribution in [2.75, 3.05) is 11.5 Å². The Hall–Kier alpha value is -3.68. The Kier molecular flexibility index (Phi) is 5.83. The molecule has 3 heterocycles. The van der Waals surface area contributed by atoms with E-state index < -0.39 is 11.9 Å². The van der Waals surface area contributed by atoms with Crippen molar-refractivity contribution in [1.82, 2.24) is 4.98 Å². The van der Waals surface area contributed by atoms with Crippen molar-refractivity contribution in [2.24, 2.45) is 23.5 Å². The Morgan fingerprint density at radius 1 is 1.11 bits per heavy atom. The fraction of sp³-hybridized carbons (Fsp3) is 0.407. The molecule has 3 aliphatic rings. The zero-order valence-corrected chi connectivity index (χ0v) is 20.1. The number of amides is 2. The van der Waals surface area contributed by atoms with Crippen LogP contribution in [0.2, 0.25) is 0 Å². The molecule has 2 N–H and O–H groups in total. The summed E-state index contributed by atoms with van der Waals surface area (Å²) in [5.74, 6) is 0.681. The van der Waals surface area contributed by atoms with E-state index in [-0.39, 0.29) is 36.1 Å². The lowest BCUT2D eigenvalue weighted by Gasteiger charge is -2.40. The number of rotatable bonds is 5. The van der Waals surface area contributed by atoms with Crippen LogP contribution in [0.15, 0.2) is 53.8 Å². The number of aryl methyl sites for hydroxylation is 1. The van der Waals surface area contributed by atoms with Gasteiger partial charge in [-0.3, -0.25) is 19.3 Å². The van der Waals surface area contributed by atoms with E-state index in [1.807, 2.05) is 19.1 Å². The quantitative estimate of drug-likeness (QED) is 0.711. The number of aromatic nitrogens is 1. The minimum absolute atomic E-state index is 0.0161. The van der Waals surface area contributed by atoms with Gasteiger partial charge in [-0.15, -0.1) is 0 Å². The molecule has 5 rings (SSSR count). The fourth-order valence-corrected chi connectivity index (χ4v) is 5.38. The third-order valence-electron chi connectivity index (χ3n) is 7.41. The number of ketones is 1. The molecule has 2 aromatic rings. The van der Waals surface area contributed by atoms with E-state index in [0.717, 1.165) is 24.1 Å². The van der Waals surface area contributed by atoms with Crippen LogP contribution in [0.25, 0.3) is 0 Å². The predicted molar refractivity (Wildman–Crippen MR) is 128 cm³/mol. The number of ether oxygens (including phenoxy) is 2. The van der Waals surface area contributed by atoms with Crippen molar-refractivity contribution in [3.05, 3.63) is 65.1 Å². The molecule has 5 atom stereocenters. The molecular formula is C27H29N3O5. The topological polar surface area (TPSA) is 112 Å². The van der Waals surface area contributed by atoms with E-state index in [9.17, 15) is 14.4 Å². The fourth-order valence-electron chi connectivity index (χ4n) is 5.38. The highest BCUT2D eigenvalue weighted by Crippen LogP contribution is 2.49. The maximum Gasteiger partial charge on any atom is 0.295 e. The Morgan fingerprint density at radius 3 is 2.51 bits per heavy atom. The van der Waals surface area contributed by atoms with E-state index in [1.54, 1.807) is 35.2 Å². The minimum Gasteiger partial charge on any atom is -0.484 e. The number of carbonyl (C=O) groups is 3. The smallest absolute Gasteiger partial charge is 0.295 e. The summed E-state index contributed by atoms with van der Waals surface area (Å²) in [6.45, 7) is 5.96. The molecule has 35 heavy (non-hydrogen) atoms. The molecule has 1 saturated carbocycles. The molecule has 1 aliphatic carbocycles. The van der Waals surface area contributed by atoms with Gasteiger partial charge in [0.1, 0.15) is 17.7 Å². The highest BCUT2D eigenvalue weighted by atomic mass is 16.5. The highest BCUT2D eigenvalue weighted by Gasteiger charge is 2.54. The molecule has 182 valence electrons. The maximum absolute atomic E-state index is 13.9. The summed E-state index contributed by atoms with van der Waals surface area (Å²) in [5, 5.41) is 0. The number of primary amides is 1. The minimum atomic E-state index is -0.667. The number of carbonyl (C=O) groups excluding carboxylic acids is 3. The molecule has 2 amide bonds. The van der Waals surface area contributed by atoms with Crippen LogP contribution >= 0.6 is 0 Å². The average Bonchev–Trinajstić information content (AvgIpc) is 3.12. The number of pyridine rings is 1. The molecule has 0 saturated heterocycles. The van der Waals surface area contributed by atoms with E-state index in [0.29, 0.717) is 29.0 Å². The second kappa shape index (κ2) is 8.83. The monoisotopic (exact) mass is 475 g/mol. The van der Waals surface area contributed by atoms with Crippen LogP contribution in [0.3, 0.4) is 0 Å². The van der Waals surface area contributed by atoms with Gasteiger partial charge in [-0.05, 0) is 61.4 Å². The molecule has 2 aliphatic heterocycles. The van der Waals surface area contributed by atoms with Gasteiger partial charge in [0.25, 0.3) is 11.8 Å². The lowest BCUT2D eigenvalue weighted by molar-refractivity contribution is -0.134. The van der Waals surface area contributed by atoms with Crippen molar-refractivity contribution >= 4 is 23.4 Å². The summed E-state index contributed by atoms with van der Waals surface area (Å²) in [5.41, 5.74) is 7.05. The Labute approximate surface area is 204 Å². The number of fused-ring (bicyclic) bond motifs is 1. The molecule has 8 nitrogen and oxygen atoms in total. The van der Waals surface area contributed by atoms with Crippen LogP contribution in [-0.2, 0) is 19.1 Å². The predicted octanol–water partition coefficient (Wildman–Crippen LogP) is 3.25. The highest BCUT2D eigenvalue weighted by molar-refractivity contribution is 6.17. The number of benzene rings is 1. The second-order valence-electron chi connectivity index (χ2n) is 9.83. The van der Waals surface area contributed by atoms with Gasteiger partial charge in [-0.25, -0.2) is 4.98 Å². The van der Waals surface area contributed by atoms with E-state index >= 15 is 0 Å². The summed E-state index contributed by atoms with van der Waals surface area (Å²) < 4.78 is 11.7. The van der Waals surface area contributed by atoms with Crippen LogP contribution < -0.4 is 15.4 Å². The summed E-state index contributed by atoms with van der Waals surface area (Å²) in [7, 11) is 0. The molecule has 1 aromatic carbocycles. The van der Waals surface area contributed by atoms with Gasteiger partial charge < -0.3 is 15.2 Å². The molecule has 0 spiro atoms. The van der Waals surface area contributed by atoms with Gasteiger partial charge in [0.15, 0.2) is 18.1 Å². The van der Waals surface area contributed by atoms with Crippen LogP contribution in [0.5, 0.6) is 5.75 Å². The number of nitrogens with zero attached hydrogens (tertiary/aromatic N) is 2. The summed E-state index contributed by atoms with van der Waals surface area (Å²) in [6, 6.07) is 11.8. The summed E-state index contributed by atoms with van der Waals surface area (Å²) in [4.78, 5) is 44.8. The third-order valence-corrected chi connectivity index (χ3v) is 7.41. The second-order valence-corrected chi connectivity index (χ2v) is 9.83. The van der Waals surface area contributed by atoms with Crippen molar-refractivity contribution < 1.29 is 23.9 Å². The number of anilines is 1. The molecule has 1 aromatic heterocycles. The van der Waals surface area contributed by atoms with E-state index in [1.165, 1.54) is 0 Å². The first-order chi connectivity index (χ1) is 16.7. The van der Waals surface area contributed by atoms with Crippen LogP contribution in [0.4, 0.5) is 5.82 Å². The standard InChI is InChI=1S/C27H29N3O5/c1-14-11-19-20(12-15(14)2)35-26-23(25(19)32)24(17-7-9-18(10-8-17)34-13-21(28)31)30(27(26)33)22-6-4-5-16(3)29-22/h4-10,14-15,19-20,24H,11-13H2,1-3H3,(H2,28,31). The maximum atomic E-state index is 13.9. The summed E-state index contributed by atoms with van der Waals surface area (Å²) >= 11 is 0. The Bertz CT molecular complexity index is 1220.